The van der Waals surface area contributed by atoms with Crippen LogP contribution in [-0.4, -0.2) is 15.0 Å². The first-order valence-corrected chi connectivity index (χ1v) is 19.0. The van der Waals surface area contributed by atoms with Crippen molar-refractivity contribution in [2.75, 3.05) is 0 Å². The lowest BCUT2D eigenvalue weighted by molar-refractivity contribution is 0.586. The number of benzene rings is 5. The molecule has 4 nitrogen and oxygen atoms in total. The van der Waals surface area contributed by atoms with Crippen LogP contribution in [0, 0.1) is 5.82 Å². The number of halogens is 1. The molecule has 0 amide bonds. The molecule has 4 aromatic heterocycles. The molecule has 0 atom stereocenters. The van der Waals surface area contributed by atoms with E-state index in [2.05, 4.69) is 15.0 Å². The summed E-state index contributed by atoms with van der Waals surface area (Å²) in [5, 5.41) is 0.917. The summed E-state index contributed by atoms with van der Waals surface area (Å²) in [6, 6.07) is 35.4. The van der Waals surface area contributed by atoms with Gasteiger partial charge < -0.3 is 4.42 Å². The number of nitrogens with zero attached hydrogens (tertiary/aromatic N) is 3. The Morgan fingerprint density at radius 1 is 0.525 bits per heavy atom. The first-order chi connectivity index (χ1) is 34.2. The van der Waals surface area contributed by atoms with Gasteiger partial charge in [0.2, 0.25) is 0 Å². The van der Waals surface area contributed by atoms with Gasteiger partial charge in [0.25, 0.3) is 0 Å². The lowest BCUT2D eigenvalue weighted by Crippen LogP contribution is -2.00. The van der Waals surface area contributed by atoms with Crippen molar-refractivity contribution in [1.82, 2.24) is 15.0 Å². The van der Waals surface area contributed by atoms with Gasteiger partial charge >= 0.3 is 0 Å². The zero-order chi connectivity index (χ0) is 52.7. The minimum absolute atomic E-state index is 0.0869. The zero-order valence-corrected chi connectivity index (χ0v) is 32.1. The Morgan fingerprint density at radius 3 is 1.44 bits per heavy atom. The van der Waals surface area contributed by atoms with Crippen molar-refractivity contribution in [2.45, 2.75) is 58.0 Å². The van der Waals surface area contributed by atoms with Crippen molar-refractivity contribution in [3.63, 3.8) is 0 Å². The topological polar surface area (TPSA) is 51.8 Å². The number of furan rings is 1. The highest BCUT2D eigenvalue weighted by Crippen LogP contribution is 2.39. The maximum atomic E-state index is 15.4. The predicted octanol–water partition coefficient (Wildman–Crippen LogP) is 13.4. The number of hydrogen-bond acceptors (Lipinski definition) is 4. The van der Waals surface area contributed by atoms with E-state index >= 15 is 4.39 Å². The zero-order valence-electron chi connectivity index (χ0n) is 46.1. The number of aromatic nitrogens is 3. The smallest absolute Gasteiger partial charge is 0.144 e. The van der Waals surface area contributed by atoms with E-state index in [-0.39, 0.29) is 39.1 Å². The van der Waals surface area contributed by atoms with Crippen LogP contribution in [0.15, 0.2) is 169 Å². The van der Waals surface area contributed by atoms with Crippen LogP contribution in [0.4, 0.5) is 4.39 Å². The largest absolute Gasteiger partial charge is 0.455 e. The third-order valence-electron chi connectivity index (χ3n) is 9.74. The van der Waals surface area contributed by atoms with Gasteiger partial charge in [-0.3, -0.25) is 15.0 Å². The summed E-state index contributed by atoms with van der Waals surface area (Å²) in [6.45, 7) is 2.97. The van der Waals surface area contributed by atoms with E-state index < -0.39 is 72.7 Å². The highest BCUT2D eigenvalue weighted by Gasteiger charge is 2.19. The molecule has 59 heavy (non-hydrogen) atoms. The molecule has 9 rings (SSSR count). The van der Waals surface area contributed by atoms with Crippen molar-refractivity contribution < 1.29 is 28.0 Å². The van der Waals surface area contributed by atoms with Crippen LogP contribution in [0.2, 0.25) is 0 Å². The van der Waals surface area contributed by atoms with E-state index in [1.54, 1.807) is 66.7 Å². The molecular weight excluding hydrogens is 726 g/mol. The van der Waals surface area contributed by atoms with Crippen LogP contribution in [-0.2, 0) is 38.2 Å². The molecule has 5 aromatic carbocycles. The Kier molecular flexibility index (Phi) is 7.19. The lowest BCUT2D eigenvalue weighted by Gasteiger charge is -2.12. The molecule has 9 aromatic rings. The second-order valence-electron chi connectivity index (χ2n) is 14.1. The first-order valence-electron chi connectivity index (χ1n) is 26.0. The maximum absolute atomic E-state index is 15.4. The molecule has 0 fully saturated rings. The Bertz CT molecular complexity index is 3390. The quantitative estimate of drug-likeness (QED) is 0.117. The van der Waals surface area contributed by atoms with Crippen molar-refractivity contribution in [3.05, 3.63) is 209 Å². The van der Waals surface area contributed by atoms with Crippen LogP contribution in [0.5, 0.6) is 0 Å². The van der Waals surface area contributed by atoms with E-state index in [1.807, 2.05) is 12.1 Å². The average molecular weight is 786 g/mol. The standard InChI is InChI=1S/C54H46FN3O/c1-36(2)52-48(55)26-25-46-45-14-9-15-47(53(45)59-54(46)52)51-29-24-39(35-58-51)18-21-42-31-40(19-16-37-22-27-49(56-33-37)43-10-5-3-6-11-43)30-41(32-42)20-17-38-23-28-50(57-34-38)44-12-7-4-8-13-44/h3-15,22-36H,16-21H2,1-2H3/i16D2,17D2,18D2,19D2,20D2,21D2,26D,36D. The van der Waals surface area contributed by atoms with E-state index in [9.17, 15) is 16.4 Å². The Balaban J connectivity index is 1.13. The molecule has 0 unspecified atom stereocenters. The molecule has 4 heterocycles. The number of fused-ring (bicyclic) bond motifs is 3. The minimum Gasteiger partial charge on any atom is -0.455 e. The summed E-state index contributed by atoms with van der Waals surface area (Å²) in [6.07, 6.45) is -14.8. The van der Waals surface area contributed by atoms with E-state index in [1.165, 1.54) is 68.7 Å². The normalized spacial score (nSPS) is 16.7. The van der Waals surface area contributed by atoms with Gasteiger partial charge in [-0.1, -0.05) is 123 Å². The second-order valence-corrected chi connectivity index (χ2v) is 14.1. The number of aryl methyl sites for hydroxylation is 6. The van der Waals surface area contributed by atoms with Gasteiger partial charge in [-0.05, 0) is 114 Å². The molecule has 0 radical (unpaired) electrons. The average Bonchev–Trinajstić information content (AvgIpc) is 3.74. The van der Waals surface area contributed by atoms with Gasteiger partial charge in [0, 0.05) is 69.4 Å². The SMILES string of the molecule is [2H]c1cc2c(oc3c(-c4ccc(C([2H])([2H])C([2H])([2H])c5cc(C([2H])([2H])C([2H])([2H])c6ccc(-c7ccccc7)nc6)cc(C([2H])([2H])C([2H])([2H])c6ccc(-c7ccccc7)nc6)c5)cn4)cccc32)c(C([2H])(C)C)c1F. The Hall–Kier alpha value is -6.72. The summed E-state index contributed by atoms with van der Waals surface area (Å²) in [5.41, 5.74) is 0.783. The van der Waals surface area contributed by atoms with Crippen molar-refractivity contribution in [3.8, 4) is 33.8 Å². The second kappa shape index (κ2) is 17.0. The van der Waals surface area contributed by atoms with Gasteiger partial charge in [-0.25, -0.2) is 4.39 Å². The summed E-state index contributed by atoms with van der Waals surface area (Å²) in [7, 11) is 0. The monoisotopic (exact) mass is 785 g/mol. The first kappa shape index (κ1) is 24.9. The highest BCUT2D eigenvalue weighted by molar-refractivity contribution is 6.10. The van der Waals surface area contributed by atoms with Gasteiger partial charge in [-0.2, -0.15) is 0 Å². The maximum Gasteiger partial charge on any atom is 0.144 e. The summed E-state index contributed by atoms with van der Waals surface area (Å²) < 4.78 is 151. The van der Waals surface area contributed by atoms with Crippen LogP contribution < -0.4 is 0 Å². The molecule has 0 aliphatic rings. The summed E-state index contributed by atoms with van der Waals surface area (Å²) >= 11 is 0. The van der Waals surface area contributed by atoms with Crippen molar-refractivity contribution in [1.29, 1.82) is 0 Å². The number of para-hydroxylation sites is 1. The van der Waals surface area contributed by atoms with Crippen LogP contribution in [0.3, 0.4) is 0 Å². The molecule has 5 heteroatoms. The van der Waals surface area contributed by atoms with Crippen molar-refractivity contribution >= 4 is 21.9 Å². The van der Waals surface area contributed by atoms with Crippen LogP contribution in [0.1, 0.15) is 77.9 Å². The van der Waals surface area contributed by atoms with Crippen molar-refractivity contribution in [2.24, 2.45) is 0 Å². The van der Waals surface area contributed by atoms with Crippen LogP contribution in [0.25, 0.3) is 55.7 Å². The Morgan fingerprint density at radius 2 is 0.983 bits per heavy atom. The number of pyridine rings is 3. The molecule has 0 saturated heterocycles. The third kappa shape index (κ3) is 8.47. The molecule has 0 aliphatic heterocycles. The molecule has 0 saturated carbocycles. The van der Waals surface area contributed by atoms with Gasteiger partial charge in [0.1, 0.15) is 17.0 Å². The fourth-order valence-electron chi connectivity index (χ4n) is 6.82. The van der Waals surface area contributed by atoms with E-state index in [0.29, 0.717) is 27.7 Å². The molecule has 290 valence electrons. The summed E-state index contributed by atoms with van der Waals surface area (Å²) in [4.78, 5) is 13.3. The molecule has 0 bridgehead atoms. The number of hydrogen-bond donors (Lipinski definition) is 0. The molecular formula is C54H46FN3O. The van der Waals surface area contributed by atoms with Gasteiger partial charge in [-0.15, -0.1) is 0 Å². The molecule has 0 aliphatic carbocycles. The number of rotatable bonds is 13. The fraction of sp³-hybridized carbons (Fsp3) is 0.167. The van der Waals surface area contributed by atoms with Gasteiger partial charge in [0.15, 0.2) is 0 Å². The third-order valence-corrected chi connectivity index (χ3v) is 9.74. The molecule has 0 N–H and O–H groups in total. The lowest BCUT2D eigenvalue weighted by atomic mass is 9.94. The Labute approximate surface area is 365 Å². The predicted molar refractivity (Wildman–Crippen MR) is 239 cm³/mol. The highest BCUT2D eigenvalue weighted by atomic mass is 19.1. The molecule has 0 spiro atoms. The van der Waals surface area contributed by atoms with Gasteiger partial charge in [0.05, 0.1) is 18.5 Å². The van der Waals surface area contributed by atoms with Crippen LogP contribution >= 0.6 is 0 Å². The minimum atomic E-state index is -3.17. The van der Waals surface area contributed by atoms with E-state index in [4.69, 9.17) is 7.16 Å². The van der Waals surface area contributed by atoms with E-state index in [0.717, 1.165) is 35.5 Å². The fourth-order valence-corrected chi connectivity index (χ4v) is 6.82. The summed E-state index contributed by atoms with van der Waals surface area (Å²) in [5.74, 6) is -2.35.